The second-order valence-corrected chi connectivity index (χ2v) is 11.7. The van der Waals surface area contributed by atoms with Crippen molar-refractivity contribution in [2.45, 2.75) is 49.6 Å². The molecule has 86 valence electrons. The molecule has 4 fully saturated rings. The van der Waals surface area contributed by atoms with Crippen molar-refractivity contribution in [3.05, 3.63) is 0 Å². The SMILES string of the molecule is ON1C2(Br)CC3(Br)CC(Br)(C2)CC1(Br)C3. The molecule has 15 heavy (non-hydrogen) atoms. The molecule has 2 aliphatic heterocycles. The molecule has 6 heteroatoms. The van der Waals surface area contributed by atoms with E-state index in [9.17, 15) is 5.21 Å². The summed E-state index contributed by atoms with van der Waals surface area (Å²) in [6.45, 7) is 0. The van der Waals surface area contributed by atoms with E-state index < -0.39 is 0 Å². The summed E-state index contributed by atoms with van der Waals surface area (Å²) in [5.41, 5.74) is 0. The quantitative estimate of drug-likeness (QED) is 0.427. The van der Waals surface area contributed by atoms with Crippen molar-refractivity contribution in [2.24, 2.45) is 0 Å². The van der Waals surface area contributed by atoms with Crippen molar-refractivity contribution in [1.82, 2.24) is 5.06 Å². The molecule has 2 saturated heterocycles. The molecule has 0 unspecified atom stereocenters. The van der Waals surface area contributed by atoms with E-state index in [2.05, 4.69) is 63.7 Å². The van der Waals surface area contributed by atoms with Crippen LogP contribution in [0.5, 0.6) is 0 Å². The summed E-state index contributed by atoms with van der Waals surface area (Å²) in [5, 5.41) is 11.8. The number of rotatable bonds is 0. The second-order valence-electron chi connectivity index (χ2n) is 5.33. The van der Waals surface area contributed by atoms with Gasteiger partial charge in [0.2, 0.25) is 0 Å². The molecule has 2 saturated carbocycles. The molecule has 4 aliphatic rings. The lowest BCUT2D eigenvalue weighted by atomic mass is 9.64. The summed E-state index contributed by atoms with van der Waals surface area (Å²) in [7, 11) is 0. The molecule has 0 amide bonds. The molecule has 0 radical (unpaired) electrons. The van der Waals surface area contributed by atoms with Gasteiger partial charge in [-0.05, 0) is 32.1 Å². The molecule has 2 aliphatic carbocycles. The third kappa shape index (κ3) is 1.58. The van der Waals surface area contributed by atoms with Crippen LogP contribution in [0.1, 0.15) is 32.1 Å². The van der Waals surface area contributed by atoms with Gasteiger partial charge in [0.15, 0.2) is 0 Å². The van der Waals surface area contributed by atoms with Gasteiger partial charge in [-0.3, -0.25) is 0 Å². The molecule has 0 atom stereocenters. The highest BCUT2D eigenvalue weighted by atomic mass is 79.9. The number of hydrogen-bond acceptors (Lipinski definition) is 2. The van der Waals surface area contributed by atoms with Gasteiger partial charge < -0.3 is 5.21 Å². The largest absolute Gasteiger partial charge is 0.311 e. The van der Waals surface area contributed by atoms with Gasteiger partial charge in [0.25, 0.3) is 0 Å². The van der Waals surface area contributed by atoms with Gasteiger partial charge in [-0.25, -0.2) is 0 Å². The van der Waals surface area contributed by atoms with Crippen molar-refractivity contribution in [1.29, 1.82) is 0 Å². The van der Waals surface area contributed by atoms with Crippen LogP contribution >= 0.6 is 63.7 Å². The molecule has 0 aromatic heterocycles. The van der Waals surface area contributed by atoms with Gasteiger partial charge in [0.1, 0.15) is 8.90 Å². The molecular formula is C9H11Br4NO. The smallest absolute Gasteiger partial charge is 0.105 e. The average Bonchev–Trinajstić information content (AvgIpc) is 1.93. The number of hydroxylamine groups is 2. The fourth-order valence-corrected chi connectivity index (χ4v) is 11.5. The van der Waals surface area contributed by atoms with E-state index in [0.717, 1.165) is 32.1 Å². The summed E-state index contributed by atoms with van der Waals surface area (Å²) in [6.07, 6.45) is 4.90. The van der Waals surface area contributed by atoms with E-state index in [4.69, 9.17) is 0 Å². The predicted molar refractivity (Wildman–Crippen MR) is 73.3 cm³/mol. The van der Waals surface area contributed by atoms with Crippen LogP contribution in [0, 0.1) is 0 Å². The Morgan fingerprint density at radius 2 is 1.07 bits per heavy atom. The van der Waals surface area contributed by atoms with Crippen molar-refractivity contribution in [2.75, 3.05) is 0 Å². The summed E-state index contributed by atoms with van der Waals surface area (Å²) >= 11 is 15.2. The first-order valence-corrected chi connectivity index (χ1v) is 8.11. The highest BCUT2D eigenvalue weighted by molar-refractivity contribution is 9.11. The van der Waals surface area contributed by atoms with E-state index in [1.807, 2.05) is 0 Å². The molecule has 4 bridgehead atoms. The van der Waals surface area contributed by atoms with Gasteiger partial charge in [-0.2, -0.15) is 5.06 Å². The van der Waals surface area contributed by atoms with Crippen LogP contribution in [-0.2, 0) is 0 Å². The third-order valence-electron chi connectivity index (χ3n) is 3.74. The maximum atomic E-state index is 10.3. The van der Waals surface area contributed by atoms with Gasteiger partial charge in [-0.15, -0.1) is 0 Å². The van der Waals surface area contributed by atoms with Crippen molar-refractivity contribution in [3.8, 4) is 0 Å². The van der Waals surface area contributed by atoms with Gasteiger partial charge in [0.05, 0.1) is 0 Å². The number of halogens is 4. The molecule has 0 spiro atoms. The summed E-state index contributed by atoms with van der Waals surface area (Å²) < 4.78 is -0.311. The zero-order valence-corrected chi connectivity index (χ0v) is 14.3. The topological polar surface area (TPSA) is 23.5 Å². The average molecular weight is 469 g/mol. The lowest BCUT2D eigenvalue weighted by molar-refractivity contribution is -0.239. The summed E-state index contributed by atoms with van der Waals surface area (Å²) in [5.74, 6) is 0. The maximum Gasteiger partial charge on any atom is 0.105 e. The number of piperidine rings is 2. The Kier molecular flexibility index (Phi) is 2.42. The first kappa shape index (κ1) is 11.9. The van der Waals surface area contributed by atoms with Gasteiger partial charge >= 0.3 is 0 Å². The van der Waals surface area contributed by atoms with E-state index in [1.165, 1.54) is 5.06 Å². The predicted octanol–water partition coefficient (Wildman–Crippen LogP) is 4.12. The van der Waals surface area contributed by atoms with Crippen LogP contribution in [0.15, 0.2) is 0 Å². The number of hydrogen-bond donors (Lipinski definition) is 1. The third-order valence-corrected chi connectivity index (χ3v) is 7.22. The zero-order valence-electron chi connectivity index (χ0n) is 7.94. The van der Waals surface area contributed by atoms with Crippen molar-refractivity contribution >= 4 is 63.7 Å². The van der Waals surface area contributed by atoms with Crippen LogP contribution in [-0.4, -0.2) is 27.8 Å². The Hall–Kier alpha value is 1.84. The lowest BCUT2D eigenvalue weighted by Gasteiger charge is -2.67. The van der Waals surface area contributed by atoms with E-state index >= 15 is 0 Å². The van der Waals surface area contributed by atoms with Crippen LogP contribution in [0.4, 0.5) is 0 Å². The lowest BCUT2D eigenvalue weighted by Crippen LogP contribution is -2.73. The minimum Gasteiger partial charge on any atom is -0.311 e. The highest BCUT2D eigenvalue weighted by Crippen LogP contribution is 2.69. The first-order chi connectivity index (χ1) is 6.69. The fraction of sp³-hybridized carbons (Fsp3) is 1.00. The van der Waals surface area contributed by atoms with Gasteiger partial charge in [0, 0.05) is 8.65 Å². The molecule has 0 aromatic carbocycles. The number of nitrogens with zero attached hydrogens (tertiary/aromatic N) is 1. The molecule has 2 nitrogen and oxygen atoms in total. The standard InChI is InChI=1S/C9H11Br4NO/c10-6-1-7(11)4-8(12,2-6)14(15)9(13,3-6)5-7/h15H,1-5H2. The summed E-state index contributed by atoms with van der Waals surface area (Å²) in [6, 6.07) is 0. The van der Waals surface area contributed by atoms with E-state index in [0.29, 0.717) is 0 Å². The Bertz CT molecular complexity index is 292. The Balaban J connectivity index is 2.12. The minimum atomic E-state index is -0.293. The fourth-order valence-electron chi connectivity index (χ4n) is 3.67. The van der Waals surface area contributed by atoms with Crippen molar-refractivity contribution < 1.29 is 5.21 Å². The van der Waals surface area contributed by atoms with Crippen LogP contribution in [0.3, 0.4) is 0 Å². The Morgan fingerprint density at radius 3 is 1.40 bits per heavy atom. The van der Waals surface area contributed by atoms with Crippen LogP contribution in [0.25, 0.3) is 0 Å². The molecular weight excluding hydrogens is 458 g/mol. The second kappa shape index (κ2) is 3.05. The Labute approximate surface area is 123 Å². The molecule has 2 heterocycles. The molecule has 4 rings (SSSR count). The van der Waals surface area contributed by atoms with Crippen LogP contribution < -0.4 is 0 Å². The minimum absolute atomic E-state index is 0.138. The maximum absolute atomic E-state index is 10.3. The van der Waals surface area contributed by atoms with E-state index in [1.54, 1.807) is 0 Å². The highest BCUT2D eigenvalue weighted by Gasteiger charge is 2.70. The van der Waals surface area contributed by atoms with Crippen LogP contribution in [0.2, 0.25) is 0 Å². The van der Waals surface area contributed by atoms with E-state index in [-0.39, 0.29) is 17.5 Å². The Morgan fingerprint density at radius 1 is 0.733 bits per heavy atom. The molecule has 1 N–H and O–H groups in total. The number of alkyl halides is 4. The summed E-state index contributed by atoms with van der Waals surface area (Å²) in [4.78, 5) is 0. The van der Waals surface area contributed by atoms with Gasteiger partial charge in [-0.1, -0.05) is 63.7 Å². The monoisotopic (exact) mass is 465 g/mol. The zero-order chi connectivity index (χ0) is 11.1. The molecule has 0 aromatic rings. The van der Waals surface area contributed by atoms with Crippen molar-refractivity contribution in [3.63, 3.8) is 0 Å². The normalized spacial score (nSPS) is 63.8. The first-order valence-electron chi connectivity index (χ1n) is 4.94.